The number of halogens is 1. The molecule has 1 rings (SSSR count). The molecule has 0 aliphatic carbocycles. The minimum atomic E-state index is -2.93. The summed E-state index contributed by atoms with van der Waals surface area (Å²) in [6.07, 6.45) is 0. The summed E-state index contributed by atoms with van der Waals surface area (Å²) in [7, 11) is -2.93. The summed E-state index contributed by atoms with van der Waals surface area (Å²) in [5, 5.41) is 10.2. The first-order chi connectivity index (χ1) is 9.07. The van der Waals surface area contributed by atoms with Crippen molar-refractivity contribution in [1.82, 2.24) is 10.6 Å². The average Bonchev–Trinajstić information content (AvgIpc) is 2.89. The topological polar surface area (TPSA) is 70.6 Å². The van der Waals surface area contributed by atoms with Crippen molar-refractivity contribution in [2.45, 2.75) is 20.4 Å². The van der Waals surface area contributed by atoms with Crippen LogP contribution in [-0.4, -0.2) is 39.0 Å². The van der Waals surface area contributed by atoms with E-state index in [-0.39, 0.29) is 35.5 Å². The molecule has 0 saturated carbocycles. The van der Waals surface area contributed by atoms with Crippen molar-refractivity contribution in [2.24, 2.45) is 4.99 Å². The molecule has 0 radical (unpaired) electrons. The Morgan fingerprint density at radius 3 is 2.65 bits per heavy atom. The predicted molar refractivity (Wildman–Crippen MR) is 96.9 cm³/mol. The van der Waals surface area contributed by atoms with Gasteiger partial charge in [-0.05, 0) is 29.3 Å². The Bertz CT molecular complexity index is 487. The van der Waals surface area contributed by atoms with Gasteiger partial charge in [0.25, 0.3) is 0 Å². The Hall–Kier alpha value is -0.350. The standard InChI is InChI=1S/C12H21N3O2S2.HI/c1-3-13-12(14-6-8-19(16,17)4-2)15-9-11-5-7-18-10-11;/h5,7,10H,3-4,6,8-9H2,1-2H3,(H2,13,14,15);1H. The molecule has 8 heteroatoms. The van der Waals surface area contributed by atoms with Gasteiger partial charge in [-0.2, -0.15) is 11.3 Å². The van der Waals surface area contributed by atoms with Gasteiger partial charge < -0.3 is 10.6 Å². The van der Waals surface area contributed by atoms with Crippen LogP contribution in [0.25, 0.3) is 0 Å². The molecule has 1 aromatic heterocycles. The fourth-order valence-corrected chi connectivity index (χ4v) is 2.73. The van der Waals surface area contributed by atoms with Gasteiger partial charge in [-0.15, -0.1) is 24.0 Å². The summed E-state index contributed by atoms with van der Waals surface area (Å²) in [6, 6.07) is 2.03. The SMILES string of the molecule is CCNC(=NCc1ccsc1)NCCS(=O)(=O)CC.I. The molecular weight excluding hydrogens is 409 g/mol. The second-order valence-corrected chi connectivity index (χ2v) is 7.24. The maximum atomic E-state index is 11.4. The molecule has 116 valence electrons. The van der Waals surface area contributed by atoms with Gasteiger partial charge in [-0.3, -0.25) is 0 Å². The zero-order valence-corrected chi connectivity index (χ0v) is 15.7. The van der Waals surface area contributed by atoms with Crippen LogP contribution in [0.4, 0.5) is 0 Å². The highest BCUT2D eigenvalue weighted by atomic mass is 127. The van der Waals surface area contributed by atoms with E-state index in [0.717, 1.165) is 12.1 Å². The highest BCUT2D eigenvalue weighted by molar-refractivity contribution is 14.0. The van der Waals surface area contributed by atoms with Gasteiger partial charge in [0.1, 0.15) is 0 Å². The summed E-state index contributed by atoms with van der Waals surface area (Å²) < 4.78 is 22.8. The third kappa shape index (κ3) is 8.05. The summed E-state index contributed by atoms with van der Waals surface area (Å²) in [4.78, 5) is 4.41. The molecule has 1 heterocycles. The monoisotopic (exact) mass is 431 g/mol. The van der Waals surface area contributed by atoms with Gasteiger partial charge in [0.2, 0.25) is 0 Å². The Morgan fingerprint density at radius 2 is 2.10 bits per heavy atom. The van der Waals surface area contributed by atoms with E-state index in [4.69, 9.17) is 0 Å². The lowest BCUT2D eigenvalue weighted by atomic mass is 10.3. The molecule has 0 unspecified atom stereocenters. The molecule has 0 amide bonds. The van der Waals surface area contributed by atoms with Crippen LogP contribution < -0.4 is 10.6 Å². The van der Waals surface area contributed by atoms with E-state index in [1.807, 2.05) is 18.4 Å². The van der Waals surface area contributed by atoms with Crippen molar-refractivity contribution in [1.29, 1.82) is 0 Å². The summed E-state index contributed by atoms with van der Waals surface area (Å²) in [5.41, 5.74) is 1.16. The second-order valence-electron chi connectivity index (χ2n) is 3.99. The molecule has 0 bridgehead atoms. The number of nitrogens with zero attached hydrogens (tertiary/aromatic N) is 1. The largest absolute Gasteiger partial charge is 0.357 e. The van der Waals surface area contributed by atoms with Crippen molar-refractivity contribution in [3.05, 3.63) is 22.4 Å². The Morgan fingerprint density at radius 1 is 1.35 bits per heavy atom. The van der Waals surface area contributed by atoms with E-state index >= 15 is 0 Å². The van der Waals surface area contributed by atoms with Crippen LogP contribution in [0.2, 0.25) is 0 Å². The Labute approximate surface area is 142 Å². The van der Waals surface area contributed by atoms with Crippen LogP contribution in [0.3, 0.4) is 0 Å². The minimum Gasteiger partial charge on any atom is -0.357 e. The Balaban J connectivity index is 0.00000361. The average molecular weight is 431 g/mol. The number of aliphatic imine (C=N–C) groups is 1. The van der Waals surface area contributed by atoms with E-state index in [9.17, 15) is 8.42 Å². The molecular formula is C12H22IN3O2S2. The van der Waals surface area contributed by atoms with Gasteiger partial charge in [0.05, 0.1) is 12.3 Å². The number of guanidine groups is 1. The van der Waals surface area contributed by atoms with Gasteiger partial charge in [-0.1, -0.05) is 6.92 Å². The number of thiophene rings is 1. The molecule has 1 aromatic rings. The molecule has 0 saturated heterocycles. The lowest BCUT2D eigenvalue weighted by molar-refractivity contribution is 0.595. The number of nitrogens with one attached hydrogen (secondary N) is 2. The van der Waals surface area contributed by atoms with Crippen LogP contribution >= 0.6 is 35.3 Å². The first-order valence-electron chi connectivity index (χ1n) is 6.31. The van der Waals surface area contributed by atoms with E-state index in [1.165, 1.54) is 0 Å². The molecule has 2 N–H and O–H groups in total. The fourth-order valence-electron chi connectivity index (χ4n) is 1.36. The molecule has 0 aliphatic heterocycles. The van der Waals surface area contributed by atoms with Crippen LogP contribution in [0.1, 0.15) is 19.4 Å². The van der Waals surface area contributed by atoms with Crippen molar-refractivity contribution >= 4 is 51.1 Å². The fraction of sp³-hybridized carbons (Fsp3) is 0.583. The molecule has 0 aliphatic rings. The molecule has 0 fully saturated rings. The highest BCUT2D eigenvalue weighted by Crippen LogP contribution is 2.06. The zero-order chi connectivity index (χ0) is 14.1. The predicted octanol–water partition coefficient (Wildman–Crippen LogP) is 1.86. The summed E-state index contributed by atoms with van der Waals surface area (Å²) >= 11 is 1.64. The number of rotatable bonds is 7. The van der Waals surface area contributed by atoms with Gasteiger partial charge in [0, 0.05) is 18.8 Å². The molecule has 0 atom stereocenters. The number of hydrogen-bond donors (Lipinski definition) is 2. The third-order valence-electron chi connectivity index (χ3n) is 2.49. The lowest BCUT2D eigenvalue weighted by Gasteiger charge is -2.10. The van der Waals surface area contributed by atoms with Crippen LogP contribution in [-0.2, 0) is 16.4 Å². The molecule has 20 heavy (non-hydrogen) atoms. The minimum absolute atomic E-state index is 0. The zero-order valence-electron chi connectivity index (χ0n) is 11.8. The van der Waals surface area contributed by atoms with E-state index < -0.39 is 9.84 Å². The third-order valence-corrected chi connectivity index (χ3v) is 4.93. The molecule has 0 spiro atoms. The van der Waals surface area contributed by atoms with Crippen molar-refractivity contribution < 1.29 is 8.42 Å². The van der Waals surface area contributed by atoms with Gasteiger partial charge >= 0.3 is 0 Å². The lowest BCUT2D eigenvalue weighted by Crippen LogP contribution is -2.39. The van der Waals surface area contributed by atoms with Gasteiger partial charge in [0.15, 0.2) is 15.8 Å². The van der Waals surface area contributed by atoms with E-state index in [1.54, 1.807) is 18.3 Å². The second kappa shape index (κ2) is 10.4. The summed E-state index contributed by atoms with van der Waals surface area (Å²) in [6.45, 7) is 5.36. The normalized spacial score (nSPS) is 11.8. The molecule has 0 aromatic carbocycles. The van der Waals surface area contributed by atoms with Crippen molar-refractivity contribution in [3.8, 4) is 0 Å². The smallest absolute Gasteiger partial charge is 0.191 e. The highest BCUT2D eigenvalue weighted by Gasteiger charge is 2.07. The number of sulfone groups is 1. The summed E-state index contributed by atoms with van der Waals surface area (Å²) in [5.74, 6) is 0.962. The van der Waals surface area contributed by atoms with Crippen LogP contribution in [0, 0.1) is 0 Å². The van der Waals surface area contributed by atoms with Crippen molar-refractivity contribution in [3.63, 3.8) is 0 Å². The van der Waals surface area contributed by atoms with Crippen LogP contribution in [0.15, 0.2) is 21.8 Å². The van der Waals surface area contributed by atoms with E-state index in [0.29, 0.717) is 19.0 Å². The molecule has 5 nitrogen and oxygen atoms in total. The number of hydrogen-bond acceptors (Lipinski definition) is 4. The Kier molecular flexibility index (Phi) is 10.2. The maximum Gasteiger partial charge on any atom is 0.191 e. The maximum absolute atomic E-state index is 11.4. The van der Waals surface area contributed by atoms with Crippen LogP contribution in [0.5, 0.6) is 0 Å². The first-order valence-corrected chi connectivity index (χ1v) is 9.07. The van der Waals surface area contributed by atoms with Gasteiger partial charge in [-0.25, -0.2) is 13.4 Å². The first kappa shape index (κ1) is 19.7. The van der Waals surface area contributed by atoms with E-state index in [2.05, 4.69) is 21.0 Å². The quantitative estimate of drug-likeness (QED) is 0.393. The van der Waals surface area contributed by atoms with Crippen molar-refractivity contribution in [2.75, 3.05) is 24.6 Å².